The van der Waals surface area contributed by atoms with Crippen molar-refractivity contribution >= 4 is 34.3 Å². The van der Waals surface area contributed by atoms with Crippen LogP contribution in [0.25, 0.3) is 21.9 Å². The van der Waals surface area contributed by atoms with Gasteiger partial charge in [0, 0.05) is 35.7 Å². The number of hydrazine groups is 1. The van der Waals surface area contributed by atoms with Gasteiger partial charge >= 0.3 is 0 Å². The Morgan fingerprint density at radius 1 is 0.909 bits per heavy atom. The number of aryl methyl sites for hydroxylation is 2. The minimum atomic E-state index is -0.264. The van der Waals surface area contributed by atoms with Crippen LogP contribution in [0.3, 0.4) is 0 Å². The molecule has 0 saturated heterocycles. The molecular formula is C36H35N3O4S. The lowest BCUT2D eigenvalue weighted by Gasteiger charge is -2.19. The monoisotopic (exact) mass is 605 g/mol. The molecule has 0 atom stereocenters. The van der Waals surface area contributed by atoms with E-state index in [1.54, 1.807) is 20.4 Å². The lowest BCUT2D eigenvalue weighted by Crippen LogP contribution is -2.44. The fourth-order valence-corrected chi connectivity index (χ4v) is 5.80. The van der Waals surface area contributed by atoms with Gasteiger partial charge in [0.15, 0.2) is 0 Å². The van der Waals surface area contributed by atoms with Crippen LogP contribution in [-0.4, -0.2) is 41.7 Å². The predicted molar refractivity (Wildman–Crippen MR) is 176 cm³/mol. The zero-order valence-corrected chi connectivity index (χ0v) is 25.9. The number of ether oxygens (including phenoxy) is 2. The molecule has 4 aromatic carbocycles. The maximum atomic E-state index is 12.9. The molecule has 5 aromatic rings. The molecule has 0 saturated carbocycles. The van der Waals surface area contributed by atoms with Crippen LogP contribution >= 0.6 is 11.8 Å². The van der Waals surface area contributed by atoms with E-state index in [2.05, 4.69) is 28.6 Å². The van der Waals surface area contributed by atoms with Crippen molar-refractivity contribution in [1.29, 1.82) is 0 Å². The van der Waals surface area contributed by atoms with E-state index in [1.807, 2.05) is 85.9 Å². The molecule has 0 spiro atoms. The number of nitrogens with zero attached hydrogens (tertiary/aromatic N) is 2. The summed E-state index contributed by atoms with van der Waals surface area (Å²) in [6, 6.07) is 30.1. The highest BCUT2D eigenvalue weighted by Crippen LogP contribution is 2.38. The largest absolute Gasteiger partial charge is 0.496 e. The van der Waals surface area contributed by atoms with Crippen LogP contribution in [0.15, 0.2) is 108 Å². The van der Waals surface area contributed by atoms with Crippen molar-refractivity contribution in [2.24, 2.45) is 0 Å². The van der Waals surface area contributed by atoms with Gasteiger partial charge in [0.1, 0.15) is 18.1 Å². The SMILES string of the molecule is COc1cc(CCC(=O)N(C)NC(=O)CSc2ccc3ccccc3c2-c2cncc(OCc3ccccc3)c2)ccc1C. The van der Waals surface area contributed by atoms with E-state index in [4.69, 9.17) is 9.47 Å². The number of fused-ring (bicyclic) bond motifs is 1. The maximum absolute atomic E-state index is 12.9. The molecule has 0 radical (unpaired) electrons. The van der Waals surface area contributed by atoms with Gasteiger partial charge in [0.25, 0.3) is 0 Å². The van der Waals surface area contributed by atoms with Gasteiger partial charge in [-0.3, -0.25) is 25.0 Å². The second-order valence-corrected chi connectivity index (χ2v) is 11.4. The smallest absolute Gasteiger partial charge is 0.248 e. The van der Waals surface area contributed by atoms with Crippen molar-refractivity contribution in [3.63, 3.8) is 0 Å². The van der Waals surface area contributed by atoms with Crippen LogP contribution in [-0.2, 0) is 22.6 Å². The number of hydrogen-bond acceptors (Lipinski definition) is 6. The van der Waals surface area contributed by atoms with Crippen molar-refractivity contribution in [2.45, 2.75) is 31.3 Å². The second kappa shape index (κ2) is 14.6. The quantitative estimate of drug-likeness (QED) is 0.129. The lowest BCUT2D eigenvalue weighted by atomic mass is 9.99. The Morgan fingerprint density at radius 3 is 2.52 bits per heavy atom. The lowest BCUT2D eigenvalue weighted by molar-refractivity contribution is -0.138. The molecular weight excluding hydrogens is 570 g/mol. The highest BCUT2D eigenvalue weighted by molar-refractivity contribution is 8.00. The number of hydrogen-bond donors (Lipinski definition) is 1. The van der Waals surface area contributed by atoms with E-state index in [0.29, 0.717) is 18.8 Å². The van der Waals surface area contributed by atoms with Crippen molar-refractivity contribution in [1.82, 2.24) is 15.4 Å². The zero-order chi connectivity index (χ0) is 30.9. The first-order valence-electron chi connectivity index (χ1n) is 14.4. The summed E-state index contributed by atoms with van der Waals surface area (Å²) in [5.41, 5.74) is 7.72. The van der Waals surface area contributed by atoms with Gasteiger partial charge < -0.3 is 9.47 Å². The minimum Gasteiger partial charge on any atom is -0.496 e. The third kappa shape index (κ3) is 7.76. The molecule has 1 N–H and O–H groups in total. The number of rotatable bonds is 11. The number of benzene rings is 4. The van der Waals surface area contributed by atoms with Gasteiger partial charge in [-0.1, -0.05) is 72.8 Å². The Hall–Kier alpha value is -4.82. The second-order valence-electron chi connectivity index (χ2n) is 10.4. The van der Waals surface area contributed by atoms with Gasteiger partial charge in [-0.15, -0.1) is 11.8 Å². The number of thioether (sulfide) groups is 1. The molecule has 0 aliphatic heterocycles. The van der Waals surface area contributed by atoms with Crippen LogP contribution in [0.1, 0.15) is 23.1 Å². The van der Waals surface area contributed by atoms with Gasteiger partial charge in [-0.05, 0) is 59.0 Å². The summed E-state index contributed by atoms with van der Waals surface area (Å²) in [4.78, 5) is 31.1. The standard InChI is InChI=1S/C36H35N3O4S/c1-25-13-14-26(19-32(25)42-3)15-18-35(41)39(2)38-34(40)24-44-33-17-16-28-11-7-8-12-31(28)36(33)29-20-30(22-37-21-29)43-23-27-9-5-4-6-10-27/h4-14,16-17,19-22H,15,18,23-24H2,1-3H3,(H,38,40). The molecule has 0 aliphatic carbocycles. The number of carbonyl (C=O) groups is 2. The summed E-state index contributed by atoms with van der Waals surface area (Å²) in [6.45, 7) is 2.42. The molecule has 0 aliphatic rings. The van der Waals surface area contributed by atoms with Crippen molar-refractivity contribution < 1.29 is 19.1 Å². The van der Waals surface area contributed by atoms with Gasteiger partial charge in [0.2, 0.25) is 11.8 Å². The molecule has 1 heterocycles. The van der Waals surface area contributed by atoms with Crippen molar-refractivity contribution in [3.05, 3.63) is 120 Å². The van der Waals surface area contributed by atoms with Crippen LogP contribution in [0.5, 0.6) is 11.5 Å². The minimum absolute atomic E-state index is 0.135. The first-order valence-corrected chi connectivity index (χ1v) is 15.4. The van der Waals surface area contributed by atoms with E-state index in [9.17, 15) is 9.59 Å². The summed E-state index contributed by atoms with van der Waals surface area (Å²) in [7, 11) is 3.21. The van der Waals surface area contributed by atoms with Crippen LogP contribution in [0, 0.1) is 6.92 Å². The fourth-order valence-electron chi connectivity index (χ4n) is 4.91. The Labute approximate surface area is 262 Å². The molecule has 0 bridgehead atoms. The molecule has 7 nitrogen and oxygen atoms in total. The van der Waals surface area contributed by atoms with Gasteiger partial charge in [0.05, 0.1) is 19.1 Å². The molecule has 0 fully saturated rings. The Kier molecular flexibility index (Phi) is 10.1. The maximum Gasteiger partial charge on any atom is 0.248 e. The molecule has 2 amide bonds. The first-order chi connectivity index (χ1) is 21.4. The number of nitrogens with one attached hydrogen (secondary N) is 1. The molecule has 8 heteroatoms. The molecule has 44 heavy (non-hydrogen) atoms. The average Bonchev–Trinajstić information content (AvgIpc) is 3.06. The predicted octanol–water partition coefficient (Wildman–Crippen LogP) is 7.01. The number of pyridine rings is 1. The molecule has 0 unspecified atom stereocenters. The number of methoxy groups -OCH3 is 1. The Morgan fingerprint density at radius 2 is 1.70 bits per heavy atom. The van der Waals surface area contributed by atoms with E-state index in [0.717, 1.165) is 49.2 Å². The fraction of sp³-hybridized carbons (Fsp3) is 0.194. The molecule has 5 rings (SSSR count). The van der Waals surface area contributed by atoms with Crippen molar-refractivity contribution in [2.75, 3.05) is 19.9 Å². The highest BCUT2D eigenvalue weighted by Gasteiger charge is 2.16. The summed E-state index contributed by atoms with van der Waals surface area (Å²) in [5.74, 6) is 1.16. The van der Waals surface area contributed by atoms with Gasteiger partial charge in [-0.2, -0.15) is 0 Å². The first kappa shape index (κ1) is 30.6. The van der Waals surface area contributed by atoms with Crippen LogP contribution in [0.4, 0.5) is 0 Å². The summed E-state index contributed by atoms with van der Waals surface area (Å²) in [6.07, 6.45) is 4.34. The zero-order valence-electron chi connectivity index (χ0n) is 25.1. The number of amides is 2. The van der Waals surface area contributed by atoms with E-state index < -0.39 is 0 Å². The normalized spacial score (nSPS) is 10.8. The van der Waals surface area contributed by atoms with E-state index in [1.165, 1.54) is 16.8 Å². The van der Waals surface area contributed by atoms with E-state index in [-0.39, 0.29) is 24.0 Å². The number of carbonyl (C=O) groups excluding carboxylic acids is 2. The summed E-state index contributed by atoms with van der Waals surface area (Å²) >= 11 is 1.42. The topological polar surface area (TPSA) is 80.8 Å². The van der Waals surface area contributed by atoms with Gasteiger partial charge in [-0.25, -0.2) is 0 Å². The number of aromatic nitrogens is 1. The average molecular weight is 606 g/mol. The van der Waals surface area contributed by atoms with E-state index >= 15 is 0 Å². The third-order valence-electron chi connectivity index (χ3n) is 7.27. The highest BCUT2D eigenvalue weighted by atomic mass is 32.2. The third-order valence-corrected chi connectivity index (χ3v) is 8.32. The summed E-state index contributed by atoms with van der Waals surface area (Å²) < 4.78 is 11.4. The Bertz CT molecular complexity index is 1760. The molecule has 1 aromatic heterocycles. The molecule has 224 valence electrons. The summed E-state index contributed by atoms with van der Waals surface area (Å²) in [5, 5.41) is 3.41. The Balaban J connectivity index is 1.25. The van der Waals surface area contributed by atoms with Crippen LogP contribution in [0.2, 0.25) is 0 Å². The van der Waals surface area contributed by atoms with Crippen LogP contribution < -0.4 is 14.9 Å². The van der Waals surface area contributed by atoms with Crippen molar-refractivity contribution in [3.8, 4) is 22.6 Å².